The van der Waals surface area contributed by atoms with E-state index in [2.05, 4.69) is 45.9 Å². The van der Waals surface area contributed by atoms with Gasteiger partial charge in [0.05, 0.1) is 18.1 Å². The van der Waals surface area contributed by atoms with Crippen molar-refractivity contribution in [2.75, 3.05) is 20.2 Å². The fourth-order valence-electron chi connectivity index (χ4n) is 6.23. The number of halogens is 1. The second kappa shape index (κ2) is 9.03. The summed E-state index contributed by atoms with van der Waals surface area (Å²) in [5, 5.41) is 4.31. The second-order valence-corrected chi connectivity index (χ2v) is 10.6. The number of rotatable bonds is 5. The maximum Gasteiger partial charge on any atom is 0.326 e. The van der Waals surface area contributed by atoms with Gasteiger partial charge in [-0.25, -0.2) is 18.7 Å². The lowest BCUT2D eigenvalue weighted by Gasteiger charge is -2.34. The van der Waals surface area contributed by atoms with Crippen molar-refractivity contribution in [1.82, 2.24) is 29.0 Å². The number of methoxy groups -OCH3 is 1. The molecule has 1 N–H and O–H groups in total. The van der Waals surface area contributed by atoms with Crippen molar-refractivity contribution < 1.29 is 9.13 Å². The van der Waals surface area contributed by atoms with Crippen molar-refractivity contribution in [3.05, 3.63) is 46.8 Å². The molecular formula is C27H33FN6O2. The number of pyridine rings is 1. The quantitative estimate of drug-likeness (QED) is 0.437. The summed E-state index contributed by atoms with van der Waals surface area (Å²) in [6, 6.07) is 6.82. The van der Waals surface area contributed by atoms with Gasteiger partial charge in [0, 0.05) is 36.9 Å². The molecule has 4 aromatic rings. The van der Waals surface area contributed by atoms with Crippen LogP contribution in [0.25, 0.3) is 27.8 Å². The summed E-state index contributed by atoms with van der Waals surface area (Å²) in [6.07, 6.45) is 7.31. The van der Waals surface area contributed by atoms with Gasteiger partial charge in [0.15, 0.2) is 11.4 Å². The number of imidazole rings is 1. The van der Waals surface area contributed by atoms with Gasteiger partial charge in [-0.05, 0) is 67.3 Å². The van der Waals surface area contributed by atoms with Crippen molar-refractivity contribution in [1.29, 1.82) is 0 Å². The molecule has 1 atom stereocenters. The van der Waals surface area contributed by atoms with Crippen LogP contribution in [0, 0.1) is 0 Å². The van der Waals surface area contributed by atoms with E-state index in [0.717, 1.165) is 60.0 Å². The highest BCUT2D eigenvalue weighted by atomic mass is 19.1. The van der Waals surface area contributed by atoms with Crippen molar-refractivity contribution >= 4 is 16.7 Å². The Kier molecular flexibility index (Phi) is 5.82. The van der Waals surface area contributed by atoms with Gasteiger partial charge < -0.3 is 9.72 Å². The van der Waals surface area contributed by atoms with E-state index in [-0.39, 0.29) is 17.6 Å². The zero-order valence-corrected chi connectivity index (χ0v) is 21.1. The molecule has 4 heterocycles. The number of aromatic amines is 1. The van der Waals surface area contributed by atoms with E-state index in [1.54, 1.807) is 11.6 Å². The summed E-state index contributed by atoms with van der Waals surface area (Å²) in [6.45, 7) is 5.76. The fourth-order valence-corrected chi connectivity index (χ4v) is 6.23. The highest BCUT2D eigenvalue weighted by Crippen LogP contribution is 2.38. The molecule has 1 aliphatic carbocycles. The first-order chi connectivity index (χ1) is 17.4. The number of hydrogen-bond donors (Lipinski definition) is 1. The Morgan fingerprint density at radius 3 is 2.58 bits per heavy atom. The summed E-state index contributed by atoms with van der Waals surface area (Å²) in [5.74, 6) is 0.902. The van der Waals surface area contributed by atoms with E-state index in [0.29, 0.717) is 30.4 Å². The Labute approximate surface area is 209 Å². The van der Waals surface area contributed by atoms with Crippen molar-refractivity contribution in [3.8, 4) is 16.9 Å². The lowest BCUT2D eigenvalue weighted by molar-refractivity contribution is 0.156. The van der Waals surface area contributed by atoms with E-state index in [4.69, 9.17) is 4.74 Å². The van der Waals surface area contributed by atoms with Gasteiger partial charge in [-0.1, -0.05) is 13.8 Å². The van der Waals surface area contributed by atoms with Gasteiger partial charge in [0.1, 0.15) is 12.5 Å². The fraction of sp³-hybridized carbons (Fsp3) is 0.519. The Hall–Kier alpha value is -3.20. The average molecular weight is 493 g/mol. The molecule has 0 radical (unpaired) electrons. The first-order valence-corrected chi connectivity index (χ1v) is 13.0. The molecule has 1 aromatic carbocycles. The smallest absolute Gasteiger partial charge is 0.326 e. The van der Waals surface area contributed by atoms with Crippen LogP contribution in [-0.2, 0) is 0 Å². The molecular weight excluding hydrogens is 459 g/mol. The van der Waals surface area contributed by atoms with E-state index < -0.39 is 6.17 Å². The van der Waals surface area contributed by atoms with Crippen LogP contribution < -0.4 is 10.4 Å². The molecule has 6 rings (SSSR count). The van der Waals surface area contributed by atoms with Crippen LogP contribution >= 0.6 is 0 Å². The van der Waals surface area contributed by atoms with Gasteiger partial charge in [-0.2, -0.15) is 5.10 Å². The van der Waals surface area contributed by atoms with Crippen LogP contribution in [0.3, 0.4) is 0 Å². The highest BCUT2D eigenvalue weighted by Gasteiger charge is 2.32. The van der Waals surface area contributed by atoms with Crippen LogP contribution in [0.4, 0.5) is 4.39 Å². The third-order valence-electron chi connectivity index (χ3n) is 8.09. The maximum absolute atomic E-state index is 13.7. The zero-order chi connectivity index (χ0) is 25.0. The Balaban J connectivity index is 1.37. The molecule has 0 bridgehead atoms. The molecule has 9 heteroatoms. The highest BCUT2D eigenvalue weighted by molar-refractivity contribution is 5.85. The maximum atomic E-state index is 13.7. The first kappa shape index (κ1) is 23.2. The summed E-state index contributed by atoms with van der Waals surface area (Å²) < 4.78 is 23.0. The number of benzene rings is 1. The summed E-state index contributed by atoms with van der Waals surface area (Å²) in [5.41, 5.74) is 5.56. The summed E-state index contributed by atoms with van der Waals surface area (Å²) in [4.78, 5) is 22.9. The Morgan fingerprint density at radius 1 is 1.11 bits per heavy atom. The molecule has 1 aliphatic heterocycles. The predicted octanol–water partition coefficient (Wildman–Crippen LogP) is 4.70. The monoisotopic (exact) mass is 492 g/mol. The normalized spacial score (nSPS) is 23.3. The number of aromatic nitrogens is 5. The molecule has 36 heavy (non-hydrogen) atoms. The third-order valence-corrected chi connectivity index (χ3v) is 8.09. The zero-order valence-electron chi connectivity index (χ0n) is 21.1. The summed E-state index contributed by atoms with van der Waals surface area (Å²) in [7, 11) is 1.63. The second-order valence-electron chi connectivity index (χ2n) is 10.6. The van der Waals surface area contributed by atoms with Crippen molar-refractivity contribution in [2.24, 2.45) is 0 Å². The largest absolute Gasteiger partial charge is 0.493 e. The Bertz CT molecular complexity index is 1460. The standard InChI is InChI=1S/C27H33FN6O2/c1-16(2)21-12-24-23(11-22(21)17-10-25(36-3)26-29-15-30-33(26)13-17)31-27(35)34(24)20-6-4-19(5-7-20)32-9-8-18(28)14-32/h10-13,15-16,18-20H,4-9,14H2,1-3H3,(H,31,35). The van der Waals surface area contributed by atoms with Crippen LogP contribution in [0.2, 0.25) is 0 Å². The number of likely N-dealkylation sites (tertiary alicyclic amines) is 1. The molecule has 0 spiro atoms. The van der Waals surface area contributed by atoms with Crippen LogP contribution in [0.5, 0.6) is 5.75 Å². The van der Waals surface area contributed by atoms with Crippen molar-refractivity contribution in [2.45, 2.75) is 70.1 Å². The Morgan fingerprint density at radius 2 is 1.89 bits per heavy atom. The number of hydrogen-bond acceptors (Lipinski definition) is 5. The van der Waals surface area contributed by atoms with E-state index in [9.17, 15) is 9.18 Å². The minimum absolute atomic E-state index is 0.0605. The SMILES string of the molecule is COc1cc(-c2cc3[nH]c(=O)n(C4CCC(N5CCC(F)C5)CC4)c3cc2C(C)C)cn2ncnc12. The number of nitrogens with one attached hydrogen (secondary N) is 1. The van der Waals surface area contributed by atoms with Gasteiger partial charge in [-0.3, -0.25) is 9.47 Å². The van der Waals surface area contributed by atoms with Crippen LogP contribution in [-0.4, -0.2) is 61.5 Å². The van der Waals surface area contributed by atoms with E-state index in [1.807, 2.05) is 16.8 Å². The topological polar surface area (TPSA) is 80.5 Å². The van der Waals surface area contributed by atoms with Gasteiger partial charge in [-0.15, -0.1) is 0 Å². The lowest BCUT2D eigenvalue weighted by atomic mass is 9.89. The molecule has 2 aliphatic rings. The molecule has 1 unspecified atom stereocenters. The van der Waals surface area contributed by atoms with E-state index >= 15 is 0 Å². The third kappa shape index (κ3) is 3.89. The number of nitrogens with zero attached hydrogens (tertiary/aromatic N) is 5. The molecule has 3 aromatic heterocycles. The first-order valence-electron chi connectivity index (χ1n) is 13.0. The van der Waals surface area contributed by atoms with Crippen LogP contribution in [0.15, 0.2) is 35.5 Å². The predicted molar refractivity (Wildman–Crippen MR) is 138 cm³/mol. The summed E-state index contributed by atoms with van der Waals surface area (Å²) >= 11 is 0. The minimum atomic E-state index is -0.687. The molecule has 8 nitrogen and oxygen atoms in total. The molecule has 2 fully saturated rings. The number of H-pyrrole nitrogens is 1. The average Bonchev–Trinajstić information content (AvgIpc) is 3.60. The van der Waals surface area contributed by atoms with Gasteiger partial charge >= 0.3 is 5.69 Å². The number of fused-ring (bicyclic) bond motifs is 2. The van der Waals surface area contributed by atoms with E-state index in [1.165, 1.54) is 6.33 Å². The molecule has 190 valence electrons. The lowest BCUT2D eigenvalue weighted by Crippen LogP contribution is -2.38. The molecule has 0 amide bonds. The number of ether oxygens (including phenoxy) is 1. The molecule has 1 saturated carbocycles. The van der Waals surface area contributed by atoms with Gasteiger partial charge in [0.25, 0.3) is 0 Å². The minimum Gasteiger partial charge on any atom is -0.493 e. The van der Waals surface area contributed by atoms with Crippen molar-refractivity contribution in [3.63, 3.8) is 0 Å². The number of alkyl halides is 1. The molecule has 1 saturated heterocycles. The van der Waals surface area contributed by atoms with Gasteiger partial charge in [0.2, 0.25) is 0 Å². The van der Waals surface area contributed by atoms with Crippen LogP contribution in [0.1, 0.15) is 63.5 Å².